The topological polar surface area (TPSA) is 49.5 Å². The Kier molecular flexibility index (Phi) is 8.04. The zero-order valence-electron chi connectivity index (χ0n) is 11.8. The minimum atomic E-state index is -2.47. The lowest BCUT2D eigenvalue weighted by Crippen LogP contribution is -2.46. The van der Waals surface area contributed by atoms with E-state index in [-0.39, 0.29) is 0 Å². The van der Waals surface area contributed by atoms with E-state index in [9.17, 15) is 0 Å². The molecule has 5 nitrogen and oxygen atoms in total. The Bertz CT molecular complexity index is 194. The first-order chi connectivity index (χ1) is 8.76. The van der Waals surface area contributed by atoms with Crippen molar-refractivity contribution in [2.45, 2.75) is 39.3 Å². The van der Waals surface area contributed by atoms with Crippen molar-refractivity contribution >= 4 is 8.80 Å². The minimum absolute atomic E-state index is 0.307. The van der Waals surface area contributed by atoms with Crippen molar-refractivity contribution < 1.29 is 22.8 Å². The van der Waals surface area contributed by atoms with Crippen LogP contribution in [0.1, 0.15) is 27.2 Å². The van der Waals surface area contributed by atoms with Crippen LogP contribution in [0.4, 0.5) is 0 Å². The van der Waals surface area contributed by atoms with Gasteiger partial charge >= 0.3 is 8.80 Å². The van der Waals surface area contributed by atoms with Gasteiger partial charge in [-0.15, -0.1) is 0 Å². The second-order valence-electron chi connectivity index (χ2n) is 4.18. The highest BCUT2D eigenvalue weighted by Gasteiger charge is 2.39. The molecule has 1 unspecified atom stereocenters. The quantitative estimate of drug-likeness (QED) is 0.310. The van der Waals surface area contributed by atoms with Gasteiger partial charge in [-0.3, -0.25) is 0 Å². The van der Waals surface area contributed by atoms with Gasteiger partial charge in [-0.25, -0.2) is 0 Å². The first-order valence-electron chi connectivity index (χ1n) is 6.87. The summed E-state index contributed by atoms with van der Waals surface area (Å²) < 4.78 is 27.9. The highest BCUT2D eigenvalue weighted by atomic mass is 28.4. The molecule has 1 heterocycles. The molecule has 0 amide bonds. The summed E-state index contributed by atoms with van der Waals surface area (Å²) in [5.41, 5.74) is 0. The fourth-order valence-corrected chi connectivity index (χ4v) is 4.29. The van der Waals surface area contributed by atoms with E-state index in [1.54, 1.807) is 0 Å². The monoisotopic (exact) mass is 278 g/mol. The Morgan fingerprint density at radius 3 is 2.22 bits per heavy atom. The van der Waals surface area contributed by atoms with Gasteiger partial charge < -0.3 is 22.8 Å². The van der Waals surface area contributed by atoms with Crippen molar-refractivity contribution in [3.63, 3.8) is 0 Å². The molecule has 0 N–H and O–H groups in total. The van der Waals surface area contributed by atoms with E-state index in [0.29, 0.717) is 39.1 Å². The molecule has 0 aromatic carbocycles. The third-order valence-corrected chi connectivity index (χ3v) is 5.75. The number of hydrogen-bond acceptors (Lipinski definition) is 5. The third kappa shape index (κ3) is 6.26. The van der Waals surface area contributed by atoms with E-state index in [0.717, 1.165) is 19.1 Å². The molecular weight excluding hydrogens is 252 g/mol. The summed E-state index contributed by atoms with van der Waals surface area (Å²) in [7, 11) is -2.47. The predicted molar refractivity (Wildman–Crippen MR) is 70.6 cm³/mol. The summed E-state index contributed by atoms with van der Waals surface area (Å²) in [5.74, 6) is 0. The third-order valence-electron chi connectivity index (χ3n) is 2.54. The highest BCUT2D eigenvalue weighted by molar-refractivity contribution is 6.60. The Morgan fingerprint density at radius 2 is 1.72 bits per heavy atom. The Morgan fingerprint density at radius 1 is 1.06 bits per heavy atom. The van der Waals surface area contributed by atoms with E-state index in [1.165, 1.54) is 0 Å². The molecule has 6 heteroatoms. The maximum atomic E-state index is 5.88. The van der Waals surface area contributed by atoms with Crippen molar-refractivity contribution in [1.82, 2.24) is 0 Å². The molecule has 0 saturated carbocycles. The van der Waals surface area contributed by atoms with Gasteiger partial charge in [0.25, 0.3) is 0 Å². The standard InChI is InChI=1S/C12H26O5Si/c1-4-9-18(15-5-2,16-6-3)17-8-7-13-10-12-11-14-12/h12H,4-11H2,1-3H3. The summed E-state index contributed by atoms with van der Waals surface area (Å²) >= 11 is 0. The molecule has 1 saturated heterocycles. The molecule has 1 fully saturated rings. The second-order valence-corrected chi connectivity index (χ2v) is 6.91. The van der Waals surface area contributed by atoms with Gasteiger partial charge in [-0.1, -0.05) is 13.3 Å². The van der Waals surface area contributed by atoms with Crippen LogP contribution >= 0.6 is 0 Å². The summed E-state index contributed by atoms with van der Waals surface area (Å²) in [6.45, 7) is 9.90. The molecule has 0 bridgehead atoms. The van der Waals surface area contributed by atoms with Crippen LogP contribution in [0.3, 0.4) is 0 Å². The normalized spacial score (nSPS) is 19.2. The molecule has 0 spiro atoms. The van der Waals surface area contributed by atoms with Crippen molar-refractivity contribution in [3.8, 4) is 0 Å². The zero-order valence-corrected chi connectivity index (χ0v) is 12.8. The van der Waals surface area contributed by atoms with Crippen LogP contribution < -0.4 is 0 Å². The maximum Gasteiger partial charge on any atom is 0.501 e. The van der Waals surface area contributed by atoms with Crippen molar-refractivity contribution in [2.75, 3.05) is 39.6 Å². The van der Waals surface area contributed by atoms with E-state index < -0.39 is 8.80 Å². The first-order valence-corrected chi connectivity index (χ1v) is 8.80. The molecule has 1 aliphatic heterocycles. The summed E-state index contributed by atoms with van der Waals surface area (Å²) in [4.78, 5) is 0. The van der Waals surface area contributed by atoms with Gasteiger partial charge in [0.05, 0.1) is 26.4 Å². The lowest BCUT2D eigenvalue weighted by Gasteiger charge is -2.28. The van der Waals surface area contributed by atoms with Gasteiger partial charge in [-0.05, 0) is 13.8 Å². The summed E-state index contributed by atoms with van der Waals surface area (Å²) in [6, 6.07) is 0.862. The van der Waals surface area contributed by atoms with Gasteiger partial charge in [0.2, 0.25) is 0 Å². The van der Waals surface area contributed by atoms with Crippen LogP contribution in [-0.4, -0.2) is 54.5 Å². The van der Waals surface area contributed by atoms with Gasteiger partial charge in [0, 0.05) is 19.3 Å². The molecule has 0 aromatic rings. The number of rotatable bonds is 12. The van der Waals surface area contributed by atoms with E-state index >= 15 is 0 Å². The molecule has 0 radical (unpaired) electrons. The van der Waals surface area contributed by atoms with Crippen LogP contribution in [0.2, 0.25) is 6.04 Å². The molecule has 0 aromatic heterocycles. The Balaban J connectivity index is 2.22. The highest BCUT2D eigenvalue weighted by Crippen LogP contribution is 2.18. The van der Waals surface area contributed by atoms with Gasteiger partial charge in [0.1, 0.15) is 6.10 Å². The Hall–Kier alpha value is 0.0169. The van der Waals surface area contributed by atoms with E-state index in [1.807, 2.05) is 13.8 Å². The molecule has 1 rings (SSSR count). The lowest BCUT2D eigenvalue weighted by molar-refractivity contribution is 0.0307. The Labute approximate surface area is 111 Å². The second kappa shape index (κ2) is 9.01. The van der Waals surface area contributed by atoms with Crippen molar-refractivity contribution in [1.29, 1.82) is 0 Å². The van der Waals surface area contributed by atoms with Crippen LogP contribution in [0.25, 0.3) is 0 Å². The van der Waals surface area contributed by atoms with E-state index in [4.69, 9.17) is 22.8 Å². The maximum absolute atomic E-state index is 5.88. The number of epoxide rings is 1. The molecule has 1 aliphatic rings. The summed E-state index contributed by atoms with van der Waals surface area (Å²) in [6.07, 6.45) is 1.31. The fraction of sp³-hybridized carbons (Fsp3) is 1.00. The van der Waals surface area contributed by atoms with Crippen LogP contribution in [0.15, 0.2) is 0 Å². The first kappa shape index (κ1) is 16.1. The minimum Gasteiger partial charge on any atom is -0.376 e. The van der Waals surface area contributed by atoms with Gasteiger partial charge in [0.15, 0.2) is 0 Å². The SMILES string of the molecule is CCC[Si](OCC)(OCC)OCCOCC1CO1. The van der Waals surface area contributed by atoms with Crippen molar-refractivity contribution in [2.24, 2.45) is 0 Å². The lowest BCUT2D eigenvalue weighted by atomic mass is 10.5. The molecule has 0 aliphatic carbocycles. The number of hydrogen-bond donors (Lipinski definition) is 0. The van der Waals surface area contributed by atoms with Crippen LogP contribution in [0.5, 0.6) is 0 Å². The van der Waals surface area contributed by atoms with E-state index in [2.05, 4.69) is 6.92 Å². The average Bonchev–Trinajstić information content (AvgIpc) is 3.14. The predicted octanol–water partition coefficient (Wildman–Crippen LogP) is 1.84. The number of ether oxygens (including phenoxy) is 2. The zero-order chi connectivity index (χ0) is 13.3. The summed E-state index contributed by atoms with van der Waals surface area (Å²) in [5, 5.41) is 0. The molecule has 18 heavy (non-hydrogen) atoms. The largest absolute Gasteiger partial charge is 0.501 e. The molecular formula is C12H26O5Si. The smallest absolute Gasteiger partial charge is 0.376 e. The van der Waals surface area contributed by atoms with Crippen LogP contribution in [0, 0.1) is 0 Å². The average molecular weight is 278 g/mol. The van der Waals surface area contributed by atoms with Crippen molar-refractivity contribution in [3.05, 3.63) is 0 Å². The molecule has 1 atom stereocenters. The van der Waals surface area contributed by atoms with Crippen LogP contribution in [-0.2, 0) is 22.8 Å². The molecule has 108 valence electrons. The fourth-order valence-electron chi connectivity index (χ4n) is 1.72. The van der Waals surface area contributed by atoms with Gasteiger partial charge in [-0.2, -0.15) is 0 Å².